The monoisotopic (exact) mass is 1210 g/mol. The molecule has 4 rings (SSSR count). The molecule has 3 aliphatic rings. The minimum absolute atomic E-state index is 0.0137. The first-order valence-corrected chi connectivity index (χ1v) is 29.8. The average molecular weight is 1210 g/mol. The highest BCUT2D eigenvalue weighted by Gasteiger charge is 2.43. The predicted octanol–water partition coefficient (Wildman–Crippen LogP) is -3.21. The van der Waals surface area contributed by atoms with Crippen molar-refractivity contribution in [2.75, 3.05) is 32.8 Å². The van der Waals surface area contributed by atoms with Crippen molar-refractivity contribution in [3.05, 3.63) is 47.7 Å². The molecular formula is C58H90N12O16. The van der Waals surface area contributed by atoms with E-state index in [1.165, 1.54) is 16.7 Å². The molecule has 3 aliphatic heterocycles. The van der Waals surface area contributed by atoms with Gasteiger partial charge in [0.1, 0.15) is 54.0 Å². The highest BCUT2D eigenvalue weighted by molar-refractivity contribution is 6.03. The fraction of sp³-hybridized carbons (Fsp3) is 0.655. The Labute approximate surface area is 501 Å². The van der Waals surface area contributed by atoms with E-state index in [1.807, 2.05) is 6.92 Å². The molecule has 13 atom stereocenters. The van der Waals surface area contributed by atoms with Gasteiger partial charge in [-0.3, -0.25) is 57.5 Å². The molecule has 0 aromatic heterocycles. The Balaban J connectivity index is 1.77. The Bertz CT molecular complexity index is 2570. The summed E-state index contributed by atoms with van der Waals surface area (Å²) in [6.07, 6.45) is 0.188. The molecule has 86 heavy (non-hydrogen) atoms. The number of primary amides is 1. The Kier molecular flexibility index (Phi) is 29.0. The maximum Gasteiger partial charge on any atom is 0.268 e. The minimum atomic E-state index is -2.17. The first-order chi connectivity index (χ1) is 40.9. The fourth-order valence-electron chi connectivity index (χ4n) is 10.4. The number of carbonyl (C=O) groups is 12. The number of rotatable bonds is 17. The van der Waals surface area contributed by atoms with E-state index in [0.29, 0.717) is 37.7 Å². The van der Waals surface area contributed by atoms with Crippen LogP contribution in [0.2, 0.25) is 0 Å². The van der Waals surface area contributed by atoms with Gasteiger partial charge in [0.25, 0.3) is 11.8 Å². The zero-order chi connectivity index (χ0) is 63.8. The zero-order valence-electron chi connectivity index (χ0n) is 50.1. The highest BCUT2D eigenvalue weighted by atomic mass is 16.3. The summed E-state index contributed by atoms with van der Waals surface area (Å²) in [6, 6.07) is -4.61. The number of nitrogens with zero attached hydrogens (tertiary/aromatic N) is 2. The van der Waals surface area contributed by atoms with Gasteiger partial charge < -0.3 is 83.8 Å². The van der Waals surface area contributed by atoms with E-state index < -0.39 is 188 Å². The number of carbonyl (C=O) groups excluding carboxylic acids is 12. The molecular weight excluding hydrogens is 1120 g/mol. The van der Waals surface area contributed by atoms with E-state index in [0.717, 1.165) is 18.9 Å². The maximum atomic E-state index is 14.6. The number of amides is 12. The van der Waals surface area contributed by atoms with Crippen LogP contribution in [-0.4, -0.2) is 201 Å². The second kappa shape index (κ2) is 35.2. The Morgan fingerprint density at radius 1 is 0.663 bits per heavy atom. The number of aliphatic hydroxyl groups is 4. The molecule has 0 bridgehead atoms. The number of unbranched alkanes of at least 4 members (excludes halogenated alkanes) is 2. The summed E-state index contributed by atoms with van der Waals surface area (Å²) in [5, 5.41) is 66.2. The van der Waals surface area contributed by atoms with Crippen LogP contribution in [0.15, 0.2) is 42.1 Å². The van der Waals surface area contributed by atoms with Crippen LogP contribution in [0.5, 0.6) is 0 Å². The van der Waals surface area contributed by atoms with Crippen molar-refractivity contribution < 1.29 is 78.0 Å². The van der Waals surface area contributed by atoms with Crippen molar-refractivity contribution in [1.82, 2.24) is 57.7 Å². The van der Waals surface area contributed by atoms with Crippen LogP contribution in [0, 0.1) is 11.8 Å². The predicted molar refractivity (Wildman–Crippen MR) is 310 cm³/mol. The normalized spacial score (nSPS) is 27.7. The van der Waals surface area contributed by atoms with E-state index in [2.05, 4.69) is 47.9 Å². The number of aliphatic hydroxyl groups excluding tert-OH is 4. The first-order valence-electron chi connectivity index (χ1n) is 29.8. The van der Waals surface area contributed by atoms with E-state index in [4.69, 9.17) is 5.73 Å². The van der Waals surface area contributed by atoms with Gasteiger partial charge in [0.05, 0.1) is 31.9 Å². The van der Waals surface area contributed by atoms with Gasteiger partial charge in [-0.05, 0) is 69.3 Å². The third kappa shape index (κ3) is 20.6. The molecule has 3 heterocycles. The summed E-state index contributed by atoms with van der Waals surface area (Å²) in [4.78, 5) is 169. The van der Waals surface area contributed by atoms with Gasteiger partial charge >= 0.3 is 0 Å². The fourth-order valence-corrected chi connectivity index (χ4v) is 10.4. The molecule has 1 aromatic carbocycles. The molecule has 0 spiro atoms. The lowest BCUT2D eigenvalue weighted by Crippen LogP contribution is -2.61. The number of fused-ring (bicyclic) bond motifs is 2. The molecule has 28 heteroatoms. The van der Waals surface area contributed by atoms with Crippen molar-refractivity contribution in [3.63, 3.8) is 0 Å². The summed E-state index contributed by atoms with van der Waals surface area (Å²) in [6.45, 7) is 7.36. The molecule has 3 fully saturated rings. The van der Waals surface area contributed by atoms with Crippen molar-refractivity contribution >= 4 is 70.9 Å². The molecule has 0 aliphatic carbocycles. The molecule has 1 aromatic rings. The number of allylic oxidation sites excluding steroid dienone is 1. The molecule has 3 saturated heterocycles. The quantitative estimate of drug-likeness (QED) is 0.0539. The van der Waals surface area contributed by atoms with Crippen molar-refractivity contribution in [3.8, 4) is 0 Å². The van der Waals surface area contributed by atoms with Crippen LogP contribution in [-0.2, 0) is 64.0 Å². The summed E-state index contributed by atoms with van der Waals surface area (Å²) < 4.78 is 0. The summed E-state index contributed by atoms with van der Waals surface area (Å²) in [5.74, 6) is -12.4. The van der Waals surface area contributed by atoms with E-state index in [9.17, 15) is 78.0 Å². The van der Waals surface area contributed by atoms with Crippen molar-refractivity contribution in [2.24, 2.45) is 17.6 Å². The molecule has 0 radical (unpaired) electrons. The van der Waals surface area contributed by atoms with Crippen molar-refractivity contribution in [2.45, 2.75) is 198 Å². The molecule has 15 N–H and O–H groups in total. The first kappa shape index (κ1) is 70.9. The minimum Gasteiger partial charge on any atom is -0.394 e. The second-order valence-corrected chi connectivity index (χ2v) is 22.3. The van der Waals surface area contributed by atoms with Crippen LogP contribution in [0.3, 0.4) is 0 Å². The molecule has 0 saturated carbocycles. The van der Waals surface area contributed by atoms with Gasteiger partial charge in [0.15, 0.2) is 6.10 Å². The summed E-state index contributed by atoms with van der Waals surface area (Å²) >= 11 is 0. The SMILES string of the molecule is C/C=C1/NC(=O)[C@H](CO)NC(=O)[C@@H]([C@@H](C)CC)NC(=O)[C@H](Cc2ccccc2)NC(=O)[C@@H]2CCCN2C(=O)CNC(=O)[C@@H](CCC(N)=O)NC(=O)[C@H](O)[C@@H](C[C@@H](O)CCCCC)NC(=O)[C@@H]2CCCN2C(=O)[C@@H]([C@@H](C)CC)NC(=O)[C@H](CO)NC1=O. The Hall–Kier alpha value is -7.56. The third-order valence-corrected chi connectivity index (χ3v) is 16.0. The average Bonchev–Trinajstić information content (AvgIpc) is 2.99. The second-order valence-electron chi connectivity index (χ2n) is 22.3. The molecule has 28 nitrogen and oxygen atoms in total. The molecule has 478 valence electrons. The largest absolute Gasteiger partial charge is 0.394 e. The lowest BCUT2D eigenvalue weighted by Gasteiger charge is -2.33. The van der Waals surface area contributed by atoms with Gasteiger partial charge in [-0.25, -0.2) is 0 Å². The number of hydrogen-bond donors (Lipinski definition) is 14. The number of nitrogens with one attached hydrogen (secondary N) is 9. The van der Waals surface area contributed by atoms with Gasteiger partial charge in [-0.15, -0.1) is 0 Å². The smallest absolute Gasteiger partial charge is 0.268 e. The van der Waals surface area contributed by atoms with Crippen LogP contribution in [0.1, 0.15) is 131 Å². The zero-order valence-corrected chi connectivity index (χ0v) is 50.1. The van der Waals surface area contributed by atoms with E-state index >= 15 is 0 Å². The summed E-state index contributed by atoms with van der Waals surface area (Å²) in [7, 11) is 0. The van der Waals surface area contributed by atoms with Crippen LogP contribution in [0.4, 0.5) is 0 Å². The van der Waals surface area contributed by atoms with E-state index in [-0.39, 0.29) is 45.2 Å². The van der Waals surface area contributed by atoms with Gasteiger partial charge in [-0.1, -0.05) is 103 Å². The number of hydrogen-bond acceptors (Lipinski definition) is 16. The summed E-state index contributed by atoms with van der Waals surface area (Å²) in [5.41, 5.74) is 5.54. The molecule has 0 unspecified atom stereocenters. The number of benzene rings is 1. The van der Waals surface area contributed by atoms with Crippen molar-refractivity contribution in [1.29, 1.82) is 0 Å². The van der Waals surface area contributed by atoms with E-state index in [1.54, 1.807) is 58.0 Å². The van der Waals surface area contributed by atoms with Gasteiger partial charge in [0, 0.05) is 25.9 Å². The highest BCUT2D eigenvalue weighted by Crippen LogP contribution is 2.24. The van der Waals surface area contributed by atoms with Gasteiger partial charge in [0.2, 0.25) is 59.1 Å². The van der Waals surface area contributed by atoms with Crippen LogP contribution in [0.25, 0.3) is 0 Å². The lowest BCUT2D eigenvalue weighted by atomic mass is 9.96. The number of nitrogens with two attached hydrogens (primary N) is 1. The Morgan fingerprint density at radius 3 is 1.83 bits per heavy atom. The topological polar surface area (TPSA) is 427 Å². The lowest BCUT2D eigenvalue weighted by molar-refractivity contribution is -0.144. The standard InChI is InChI=1S/C58H90N12O16/c1-7-11-13-20-35(73)28-38-48(76)57(85)62-37(23-24-44(59)74)49(77)60-29-45(75)69-25-16-21-42(69)54(82)64-39(27-34-18-14-12-15-19-34)51(79)67-46(32(5)8-2)56(84)66-40(30-71)52(80)61-36(10-4)50(78)65-41(31-72)53(81)68-47(33(6)9-3)58(86)70-26-17-22-43(70)55(83)63-38/h10,12,14-15,18-19,32-33,35,37-43,46-48,71-73,76H,7-9,11,13,16-17,20-31H2,1-6H3,(H2,59,74)(H,60,77)(H,61,80)(H,62,85)(H,63,83)(H,64,82)(H,65,78)(H,66,84)(H,67,79)(H,68,81)/b36-10+/t32-,33-,35-,37+,38+,39-,40-,41-,42-,43-,46+,47+,48+/m0/s1. The van der Waals surface area contributed by atoms with Crippen LogP contribution >= 0.6 is 0 Å². The van der Waals surface area contributed by atoms with Crippen LogP contribution < -0.4 is 53.6 Å². The van der Waals surface area contributed by atoms with Gasteiger partial charge in [-0.2, -0.15) is 0 Å². The third-order valence-electron chi connectivity index (χ3n) is 16.0. The maximum absolute atomic E-state index is 14.6. The molecule has 12 amide bonds. The Morgan fingerprint density at radius 2 is 1.22 bits per heavy atom.